The SMILES string of the molecule is CCCCOC(=O)C(OCCCC)SC1CCCCO1. The molecular formula is C15H28O4S. The number of carbonyl (C=O) groups is 1. The lowest BCUT2D eigenvalue weighted by Crippen LogP contribution is -2.29. The molecule has 0 amide bonds. The van der Waals surface area contributed by atoms with Crippen LogP contribution in [0.4, 0.5) is 0 Å². The topological polar surface area (TPSA) is 44.8 Å². The van der Waals surface area contributed by atoms with Crippen molar-refractivity contribution < 1.29 is 19.0 Å². The van der Waals surface area contributed by atoms with Crippen molar-refractivity contribution >= 4 is 17.7 Å². The van der Waals surface area contributed by atoms with Gasteiger partial charge in [0.15, 0.2) is 0 Å². The molecule has 1 rings (SSSR count). The maximum absolute atomic E-state index is 12.1. The molecule has 5 heteroatoms. The summed E-state index contributed by atoms with van der Waals surface area (Å²) in [4.78, 5) is 12.1. The van der Waals surface area contributed by atoms with E-state index in [1.54, 1.807) is 0 Å². The average molecular weight is 304 g/mol. The van der Waals surface area contributed by atoms with Crippen molar-refractivity contribution in [2.24, 2.45) is 0 Å². The molecule has 0 radical (unpaired) electrons. The largest absolute Gasteiger partial charge is 0.463 e. The third-order valence-corrected chi connectivity index (χ3v) is 4.37. The quantitative estimate of drug-likeness (QED) is 0.349. The van der Waals surface area contributed by atoms with Crippen LogP contribution in [-0.2, 0) is 19.0 Å². The average Bonchev–Trinajstić information content (AvgIpc) is 2.47. The van der Waals surface area contributed by atoms with E-state index in [1.165, 1.54) is 11.8 Å². The van der Waals surface area contributed by atoms with Gasteiger partial charge < -0.3 is 14.2 Å². The molecule has 0 aliphatic carbocycles. The first-order valence-electron chi connectivity index (χ1n) is 7.83. The molecule has 1 fully saturated rings. The summed E-state index contributed by atoms with van der Waals surface area (Å²) in [6.07, 6.45) is 7.20. The summed E-state index contributed by atoms with van der Waals surface area (Å²) in [5.74, 6) is -0.256. The Kier molecular flexibility index (Phi) is 10.1. The molecular weight excluding hydrogens is 276 g/mol. The summed E-state index contributed by atoms with van der Waals surface area (Å²) in [5, 5.41) is 0. The van der Waals surface area contributed by atoms with E-state index in [0.29, 0.717) is 13.2 Å². The van der Waals surface area contributed by atoms with Crippen LogP contribution in [0.25, 0.3) is 0 Å². The van der Waals surface area contributed by atoms with Gasteiger partial charge in [-0.2, -0.15) is 0 Å². The number of hydrogen-bond acceptors (Lipinski definition) is 5. The molecule has 1 aliphatic rings. The second-order valence-corrected chi connectivity index (χ2v) is 6.24. The molecule has 2 atom stereocenters. The number of unbranched alkanes of at least 4 members (excludes halogenated alkanes) is 2. The molecule has 0 saturated carbocycles. The molecule has 0 bridgehead atoms. The Morgan fingerprint density at radius 2 is 2.00 bits per heavy atom. The Labute approximate surface area is 126 Å². The van der Waals surface area contributed by atoms with Gasteiger partial charge >= 0.3 is 5.97 Å². The van der Waals surface area contributed by atoms with E-state index in [9.17, 15) is 4.79 Å². The van der Waals surface area contributed by atoms with Crippen molar-refractivity contribution in [3.63, 3.8) is 0 Å². The number of rotatable bonds is 10. The lowest BCUT2D eigenvalue weighted by atomic mass is 10.2. The van der Waals surface area contributed by atoms with E-state index in [1.807, 2.05) is 0 Å². The number of hydrogen-bond donors (Lipinski definition) is 0. The van der Waals surface area contributed by atoms with Crippen LogP contribution in [0.3, 0.4) is 0 Å². The summed E-state index contributed by atoms with van der Waals surface area (Å²) in [6, 6.07) is 0. The molecule has 4 nitrogen and oxygen atoms in total. The van der Waals surface area contributed by atoms with Gasteiger partial charge in [0.1, 0.15) is 5.44 Å². The maximum Gasteiger partial charge on any atom is 0.345 e. The predicted octanol–water partition coefficient (Wildman–Crippen LogP) is 3.73. The molecule has 1 heterocycles. The van der Waals surface area contributed by atoms with Gasteiger partial charge in [-0.25, -0.2) is 4.79 Å². The standard InChI is InChI=1S/C15H28O4S/c1-3-5-10-18-14(16)15(19-11-6-4-2)20-13-9-7-8-12-17-13/h13,15H,3-12H2,1-2H3. The monoisotopic (exact) mass is 304 g/mol. The summed E-state index contributed by atoms with van der Waals surface area (Å²) in [5.41, 5.74) is -0.476. The molecule has 0 N–H and O–H groups in total. The molecule has 2 unspecified atom stereocenters. The smallest absolute Gasteiger partial charge is 0.345 e. The van der Waals surface area contributed by atoms with E-state index in [-0.39, 0.29) is 11.4 Å². The van der Waals surface area contributed by atoms with Gasteiger partial charge in [-0.3, -0.25) is 0 Å². The second-order valence-electron chi connectivity index (χ2n) is 5.01. The summed E-state index contributed by atoms with van der Waals surface area (Å²) >= 11 is 1.46. The Morgan fingerprint density at radius 3 is 2.65 bits per heavy atom. The van der Waals surface area contributed by atoms with Gasteiger partial charge in [0.25, 0.3) is 0 Å². The lowest BCUT2D eigenvalue weighted by molar-refractivity contribution is -0.151. The Morgan fingerprint density at radius 1 is 1.25 bits per heavy atom. The number of thioether (sulfide) groups is 1. The lowest BCUT2D eigenvalue weighted by Gasteiger charge is -2.25. The highest BCUT2D eigenvalue weighted by atomic mass is 32.2. The van der Waals surface area contributed by atoms with E-state index in [2.05, 4.69) is 13.8 Å². The van der Waals surface area contributed by atoms with E-state index in [0.717, 1.165) is 51.6 Å². The van der Waals surface area contributed by atoms with Crippen LogP contribution in [0.5, 0.6) is 0 Å². The van der Waals surface area contributed by atoms with Crippen LogP contribution in [-0.4, -0.2) is 36.7 Å². The van der Waals surface area contributed by atoms with Gasteiger partial charge in [0.05, 0.1) is 6.61 Å². The van der Waals surface area contributed by atoms with Gasteiger partial charge in [-0.15, -0.1) is 0 Å². The first kappa shape index (κ1) is 17.8. The predicted molar refractivity (Wildman–Crippen MR) is 81.7 cm³/mol. The van der Waals surface area contributed by atoms with Crippen LogP contribution >= 0.6 is 11.8 Å². The highest BCUT2D eigenvalue weighted by Crippen LogP contribution is 2.28. The molecule has 0 aromatic heterocycles. The van der Waals surface area contributed by atoms with Gasteiger partial charge in [-0.05, 0) is 32.1 Å². The van der Waals surface area contributed by atoms with Crippen molar-refractivity contribution in [2.75, 3.05) is 19.8 Å². The van der Waals surface area contributed by atoms with Crippen LogP contribution in [0.1, 0.15) is 58.8 Å². The molecule has 0 aromatic rings. The number of esters is 1. The summed E-state index contributed by atoms with van der Waals surface area (Å²) in [6.45, 7) is 6.05. The number of carbonyl (C=O) groups excluding carboxylic acids is 1. The van der Waals surface area contributed by atoms with E-state index in [4.69, 9.17) is 14.2 Å². The fourth-order valence-electron chi connectivity index (χ4n) is 1.84. The Balaban J connectivity index is 2.38. The fourth-order valence-corrected chi connectivity index (χ4v) is 2.95. The van der Waals surface area contributed by atoms with Gasteiger partial charge in [0.2, 0.25) is 5.44 Å². The second kappa shape index (κ2) is 11.4. The van der Waals surface area contributed by atoms with Crippen molar-refractivity contribution in [3.8, 4) is 0 Å². The van der Waals surface area contributed by atoms with Crippen molar-refractivity contribution in [1.82, 2.24) is 0 Å². The fraction of sp³-hybridized carbons (Fsp3) is 0.933. The zero-order valence-electron chi connectivity index (χ0n) is 12.8. The normalized spacial score (nSPS) is 20.6. The Bertz CT molecular complexity index is 254. The van der Waals surface area contributed by atoms with Gasteiger partial charge in [-0.1, -0.05) is 38.5 Å². The van der Waals surface area contributed by atoms with Crippen LogP contribution in [0.2, 0.25) is 0 Å². The molecule has 118 valence electrons. The zero-order valence-corrected chi connectivity index (χ0v) is 13.6. The highest BCUT2D eigenvalue weighted by Gasteiger charge is 2.27. The first-order valence-corrected chi connectivity index (χ1v) is 8.77. The van der Waals surface area contributed by atoms with Crippen LogP contribution in [0, 0.1) is 0 Å². The van der Waals surface area contributed by atoms with Crippen molar-refractivity contribution in [3.05, 3.63) is 0 Å². The summed E-state index contributed by atoms with van der Waals surface area (Å²) < 4.78 is 16.6. The molecule has 0 aromatic carbocycles. The molecule has 1 aliphatic heterocycles. The minimum atomic E-state index is -0.540. The maximum atomic E-state index is 12.1. The third kappa shape index (κ3) is 7.50. The van der Waals surface area contributed by atoms with E-state index < -0.39 is 5.44 Å². The molecule has 0 spiro atoms. The number of ether oxygens (including phenoxy) is 3. The summed E-state index contributed by atoms with van der Waals surface area (Å²) in [7, 11) is 0. The van der Waals surface area contributed by atoms with Crippen LogP contribution in [0.15, 0.2) is 0 Å². The third-order valence-electron chi connectivity index (χ3n) is 3.12. The molecule has 1 saturated heterocycles. The molecule has 20 heavy (non-hydrogen) atoms. The Hall–Kier alpha value is -0.260. The zero-order chi connectivity index (χ0) is 14.6. The van der Waals surface area contributed by atoms with Crippen molar-refractivity contribution in [1.29, 1.82) is 0 Å². The van der Waals surface area contributed by atoms with Gasteiger partial charge in [0, 0.05) is 13.2 Å². The minimum absolute atomic E-state index is 0.0640. The van der Waals surface area contributed by atoms with E-state index >= 15 is 0 Å². The highest BCUT2D eigenvalue weighted by molar-refractivity contribution is 8.00. The first-order chi connectivity index (χ1) is 9.77. The minimum Gasteiger partial charge on any atom is -0.463 e. The van der Waals surface area contributed by atoms with Crippen molar-refractivity contribution in [2.45, 2.75) is 69.7 Å². The van der Waals surface area contributed by atoms with Crippen LogP contribution < -0.4 is 0 Å².